The molecule has 0 spiro atoms. The van der Waals surface area contributed by atoms with Crippen molar-refractivity contribution in [2.75, 3.05) is 6.54 Å². The lowest BCUT2D eigenvalue weighted by Crippen LogP contribution is -2.31. The molecule has 0 fully saturated rings. The Morgan fingerprint density at radius 2 is 2.20 bits per heavy atom. The normalized spacial score (nSPS) is 14.2. The van der Waals surface area contributed by atoms with Crippen LogP contribution in [0.5, 0.6) is 0 Å². The lowest BCUT2D eigenvalue weighted by molar-refractivity contribution is 0.0745. The fraction of sp³-hybridized carbons (Fsp3) is 0.333. The molecule has 0 atom stereocenters. The van der Waals surface area contributed by atoms with Crippen LogP contribution in [0.3, 0.4) is 0 Å². The highest BCUT2D eigenvalue weighted by atomic mass is 16.2. The fourth-order valence-electron chi connectivity index (χ4n) is 3.20. The van der Waals surface area contributed by atoms with Gasteiger partial charge in [0, 0.05) is 31.0 Å². The SMILES string of the molecule is Cc1cccc(C(=O)N2CCCn3nnc(Cn4ccnc4)c3C2)c1. The highest BCUT2D eigenvalue weighted by Crippen LogP contribution is 2.18. The third kappa shape index (κ3) is 3.17. The molecule has 7 nitrogen and oxygen atoms in total. The van der Waals surface area contributed by atoms with Gasteiger partial charge in [-0.3, -0.25) is 4.79 Å². The maximum atomic E-state index is 12.9. The molecule has 0 bridgehead atoms. The van der Waals surface area contributed by atoms with E-state index in [1.54, 1.807) is 12.5 Å². The highest BCUT2D eigenvalue weighted by molar-refractivity contribution is 5.94. The largest absolute Gasteiger partial charge is 0.333 e. The molecule has 1 aliphatic heterocycles. The van der Waals surface area contributed by atoms with Crippen molar-refractivity contribution >= 4 is 5.91 Å². The van der Waals surface area contributed by atoms with E-state index in [0.717, 1.165) is 42.0 Å². The van der Waals surface area contributed by atoms with E-state index >= 15 is 0 Å². The van der Waals surface area contributed by atoms with E-state index in [9.17, 15) is 4.79 Å². The van der Waals surface area contributed by atoms with Crippen molar-refractivity contribution in [1.29, 1.82) is 0 Å². The van der Waals surface area contributed by atoms with Crippen molar-refractivity contribution < 1.29 is 4.79 Å². The summed E-state index contributed by atoms with van der Waals surface area (Å²) in [6.07, 6.45) is 6.28. The van der Waals surface area contributed by atoms with Crippen molar-refractivity contribution in [2.45, 2.75) is 33.0 Å². The second-order valence-electron chi connectivity index (χ2n) is 6.39. The summed E-state index contributed by atoms with van der Waals surface area (Å²) in [6.45, 7) is 4.65. The van der Waals surface area contributed by atoms with Gasteiger partial charge >= 0.3 is 0 Å². The van der Waals surface area contributed by atoms with Gasteiger partial charge in [-0.2, -0.15) is 0 Å². The van der Waals surface area contributed by atoms with Gasteiger partial charge in [0.25, 0.3) is 5.91 Å². The first-order chi connectivity index (χ1) is 12.2. The Bertz CT molecular complexity index is 883. The number of carbonyl (C=O) groups is 1. The summed E-state index contributed by atoms with van der Waals surface area (Å²) in [5, 5.41) is 8.59. The molecule has 0 unspecified atom stereocenters. The second-order valence-corrected chi connectivity index (χ2v) is 6.39. The average molecular weight is 336 g/mol. The summed E-state index contributed by atoms with van der Waals surface area (Å²) in [5.74, 6) is 0.0620. The molecule has 0 aliphatic carbocycles. The minimum Gasteiger partial charge on any atom is -0.333 e. The molecule has 0 N–H and O–H groups in total. The first kappa shape index (κ1) is 15.6. The number of benzene rings is 1. The second kappa shape index (κ2) is 6.51. The van der Waals surface area contributed by atoms with E-state index in [0.29, 0.717) is 13.1 Å². The molecule has 25 heavy (non-hydrogen) atoms. The molecular weight excluding hydrogens is 316 g/mol. The number of carbonyl (C=O) groups excluding carboxylic acids is 1. The summed E-state index contributed by atoms with van der Waals surface area (Å²) >= 11 is 0. The maximum absolute atomic E-state index is 12.9. The molecule has 3 aromatic rings. The Labute approximate surface area is 145 Å². The molecule has 0 saturated carbocycles. The molecule has 1 aromatic carbocycles. The van der Waals surface area contributed by atoms with Gasteiger partial charge in [0.2, 0.25) is 0 Å². The van der Waals surface area contributed by atoms with E-state index in [1.165, 1.54) is 0 Å². The van der Waals surface area contributed by atoms with Crippen molar-refractivity contribution in [3.8, 4) is 0 Å². The number of hydrogen-bond acceptors (Lipinski definition) is 4. The quantitative estimate of drug-likeness (QED) is 0.732. The Morgan fingerprint density at radius 1 is 1.28 bits per heavy atom. The maximum Gasteiger partial charge on any atom is 0.254 e. The van der Waals surface area contributed by atoms with E-state index in [4.69, 9.17) is 0 Å². The van der Waals surface area contributed by atoms with Gasteiger partial charge in [-0.05, 0) is 25.5 Å². The minimum absolute atomic E-state index is 0.0620. The third-order valence-electron chi connectivity index (χ3n) is 4.50. The average Bonchev–Trinajstić information content (AvgIpc) is 3.20. The van der Waals surface area contributed by atoms with Crippen LogP contribution in [-0.4, -0.2) is 41.9 Å². The Morgan fingerprint density at radius 3 is 3.00 bits per heavy atom. The number of hydrogen-bond donors (Lipinski definition) is 0. The van der Waals surface area contributed by atoms with Crippen molar-refractivity contribution in [2.24, 2.45) is 0 Å². The van der Waals surface area contributed by atoms with Crippen LogP contribution >= 0.6 is 0 Å². The zero-order chi connectivity index (χ0) is 17.2. The van der Waals surface area contributed by atoms with Crippen LogP contribution in [0.15, 0.2) is 43.0 Å². The van der Waals surface area contributed by atoms with Crippen LogP contribution in [0.25, 0.3) is 0 Å². The number of fused-ring (bicyclic) bond motifs is 1. The predicted molar refractivity (Wildman–Crippen MR) is 91.9 cm³/mol. The first-order valence-electron chi connectivity index (χ1n) is 8.43. The monoisotopic (exact) mass is 336 g/mol. The van der Waals surface area contributed by atoms with Gasteiger partial charge in [-0.25, -0.2) is 9.67 Å². The van der Waals surface area contributed by atoms with Crippen molar-refractivity contribution in [1.82, 2.24) is 29.4 Å². The van der Waals surface area contributed by atoms with Gasteiger partial charge in [0.05, 0.1) is 25.1 Å². The molecule has 4 rings (SSSR count). The third-order valence-corrected chi connectivity index (χ3v) is 4.50. The van der Waals surface area contributed by atoms with Crippen molar-refractivity contribution in [3.05, 3.63) is 65.5 Å². The van der Waals surface area contributed by atoms with Crippen molar-refractivity contribution in [3.63, 3.8) is 0 Å². The molecule has 1 amide bonds. The number of amides is 1. The zero-order valence-corrected chi connectivity index (χ0v) is 14.2. The van der Waals surface area contributed by atoms with Crippen LogP contribution in [0.2, 0.25) is 0 Å². The summed E-state index contributed by atoms with van der Waals surface area (Å²) in [5.41, 5.74) is 3.72. The number of imidazole rings is 1. The summed E-state index contributed by atoms with van der Waals surface area (Å²) in [4.78, 5) is 18.9. The van der Waals surface area contributed by atoms with E-state index in [2.05, 4.69) is 15.3 Å². The number of aryl methyl sites for hydroxylation is 2. The number of nitrogens with zero attached hydrogens (tertiary/aromatic N) is 6. The van der Waals surface area contributed by atoms with Gasteiger partial charge in [0.15, 0.2) is 0 Å². The van der Waals surface area contributed by atoms with E-state index in [-0.39, 0.29) is 5.91 Å². The van der Waals surface area contributed by atoms with Crippen LogP contribution < -0.4 is 0 Å². The van der Waals surface area contributed by atoms with Gasteiger partial charge in [0.1, 0.15) is 5.69 Å². The molecule has 7 heteroatoms. The Hall–Kier alpha value is -2.96. The molecule has 0 radical (unpaired) electrons. The molecular formula is C18H20N6O. The van der Waals surface area contributed by atoms with Gasteiger partial charge < -0.3 is 9.47 Å². The molecule has 3 heterocycles. The van der Waals surface area contributed by atoms with Gasteiger partial charge in [-0.15, -0.1) is 5.10 Å². The minimum atomic E-state index is 0.0620. The number of rotatable bonds is 3. The fourth-order valence-corrected chi connectivity index (χ4v) is 3.20. The molecule has 128 valence electrons. The molecule has 2 aromatic heterocycles. The summed E-state index contributed by atoms with van der Waals surface area (Å²) < 4.78 is 3.89. The predicted octanol–water partition coefficient (Wildman–Crippen LogP) is 1.88. The summed E-state index contributed by atoms with van der Waals surface area (Å²) in [6, 6.07) is 7.75. The lowest BCUT2D eigenvalue weighted by atomic mass is 10.1. The zero-order valence-electron chi connectivity index (χ0n) is 14.2. The van der Waals surface area contributed by atoms with Gasteiger partial charge in [-0.1, -0.05) is 22.9 Å². The number of aromatic nitrogens is 5. The first-order valence-corrected chi connectivity index (χ1v) is 8.43. The van der Waals surface area contributed by atoms with E-state index in [1.807, 2.05) is 51.5 Å². The topological polar surface area (TPSA) is 68.8 Å². The molecule has 0 saturated heterocycles. The lowest BCUT2D eigenvalue weighted by Gasteiger charge is -2.20. The highest BCUT2D eigenvalue weighted by Gasteiger charge is 2.24. The van der Waals surface area contributed by atoms with Crippen LogP contribution in [0.1, 0.15) is 33.7 Å². The van der Waals surface area contributed by atoms with Crippen LogP contribution in [0, 0.1) is 6.92 Å². The Kier molecular flexibility index (Phi) is 4.05. The standard InChI is InChI=1S/C18H20N6O/c1-14-4-2-5-15(10-14)18(25)23-7-3-8-24-17(12-23)16(20-21-24)11-22-9-6-19-13-22/h2,4-6,9-10,13H,3,7-8,11-12H2,1H3. The molecule has 1 aliphatic rings. The van der Waals surface area contributed by atoms with Crippen LogP contribution in [0.4, 0.5) is 0 Å². The summed E-state index contributed by atoms with van der Waals surface area (Å²) in [7, 11) is 0. The van der Waals surface area contributed by atoms with Crippen LogP contribution in [-0.2, 0) is 19.6 Å². The Balaban J connectivity index is 1.60. The van der Waals surface area contributed by atoms with E-state index < -0.39 is 0 Å². The smallest absolute Gasteiger partial charge is 0.254 e.